The lowest BCUT2D eigenvalue weighted by Gasteiger charge is -2.40. The summed E-state index contributed by atoms with van der Waals surface area (Å²) in [6.07, 6.45) is 8.93. The van der Waals surface area contributed by atoms with Gasteiger partial charge in [0.05, 0.1) is 5.60 Å². The molecule has 1 spiro atoms. The largest absolute Gasteiger partial charge is 0.374 e. The van der Waals surface area contributed by atoms with Crippen LogP contribution in [0.15, 0.2) is 18.7 Å². The van der Waals surface area contributed by atoms with Crippen LogP contribution in [-0.4, -0.2) is 40.7 Å². The normalized spacial score (nSPS) is 32.6. The lowest BCUT2D eigenvalue weighted by atomic mass is 9.79. The Bertz CT molecular complexity index is 408. The predicted octanol–water partition coefficient (Wildman–Crippen LogP) is 2.04. The topological polar surface area (TPSA) is 47.0 Å². The molecule has 0 radical (unpaired) electrons. The third-order valence-electron chi connectivity index (χ3n) is 4.32. The molecule has 1 aromatic rings. The van der Waals surface area contributed by atoms with Crippen LogP contribution in [0.1, 0.15) is 30.9 Å². The second-order valence-corrected chi connectivity index (χ2v) is 6.63. The zero-order valence-corrected chi connectivity index (χ0v) is 12.2. The number of hydrogen-bond donors (Lipinski definition) is 1. The molecule has 5 heteroatoms. The second-order valence-electron chi connectivity index (χ2n) is 5.53. The van der Waals surface area contributed by atoms with Crippen molar-refractivity contribution in [2.24, 2.45) is 5.92 Å². The summed E-state index contributed by atoms with van der Waals surface area (Å²) in [5, 5.41) is 3.45. The van der Waals surface area contributed by atoms with Gasteiger partial charge in [0.25, 0.3) is 0 Å². The molecule has 3 atom stereocenters. The van der Waals surface area contributed by atoms with Crippen molar-refractivity contribution in [2.45, 2.75) is 30.9 Å². The maximum absolute atomic E-state index is 6.11. The van der Waals surface area contributed by atoms with Gasteiger partial charge in [-0.3, -0.25) is 0 Å². The van der Waals surface area contributed by atoms with E-state index in [1.165, 1.54) is 17.7 Å². The smallest absolute Gasteiger partial charge is 0.115 e. The van der Waals surface area contributed by atoms with E-state index in [2.05, 4.69) is 15.3 Å². The molecule has 19 heavy (non-hydrogen) atoms. The fourth-order valence-electron chi connectivity index (χ4n) is 3.36. The minimum Gasteiger partial charge on any atom is -0.374 e. The predicted molar refractivity (Wildman–Crippen MR) is 77.2 cm³/mol. The number of nitrogens with one attached hydrogen (secondary N) is 1. The van der Waals surface area contributed by atoms with Crippen molar-refractivity contribution in [1.29, 1.82) is 0 Å². The second kappa shape index (κ2) is 5.77. The van der Waals surface area contributed by atoms with Crippen LogP contribution >= 0.6 is 11.8 Å². The Balaban J connectivity index is 1.76. The van der Waals surface area contributed by atoms with Gasteiger partial charge in [-0.25, -0.2) is 9.97 Å². The molecule has 3 heterocycles. The lowest BCUT2D eigenvalue weighted by Crippen LogP contribution is -2.43. The SMILES string of the molecule is CNC(c1cncnc1)C1CCOC2(CCSC2)C1. The third-order valence-corrected chi connectivity index (χ3v) is 5.54. The molecule has 2 saturated heterocycles. The van der Waals surface area contributed by atoms with E-state index in [-0.39, 0.29) is 5.60 Å². The van der Waals surface area contributed by atoms with Gasteiger partial charge in [-0.2, -0.15) is 11.8 Å². The highest BCUT2D eigenvalue weighted by molar-refractivity contribution is 7.99. The summed E-state index contributed by atoms with van der Waals surface area (Å²) in [4.78, 5) is 8.30. The van der Waals surface area contributed by atoms with Crippen molar-refractivity contribution in [3.05, 3.63) is 24.3 Å². The molecule has 3 rings (SSSR count). The van der Waals surface area contributed by atoms with E-state index in [0.717, 1.165) is 25.2 Å². The molecule has 0 saturated carbocycles. The fraction of sp³-hybridized carbons (Fsp3) is 0.714. The van der Waals surface area contributed by atoms with Gasteiger partial charge in [-0.1, -0.05) is 0 Å². The van der Waals surface area contributed by atoms with E-state index in [1.807, 2.05) is 31.2 Å². The molecule has 1 aromatic heterocycles. The van der Waals surface area contributed by atoms with E-state index in [9.17, 15) is 0 Å². The van der Waals surface area contributed by atoms with Crippen LogP contribution in [0, 0.1) is 5.92 Å². The Kier molecular flexibility index (Phi) is 4.05. The maximum Gasteiger partial charge on any atom is 0.115 e. The number of nitrogens with zero attached hydrogens (tertiary/aromatic N) is 2. The maximum atomic E-state index is 6.11. The quantitative estimate of drug-likeness (QED) is 0.917. The minimum absolute atomic E-state index is 0.137. The molecule has 4 nitrogen and oxygen atoms in total. The van der Waals surface area contributed by atoms with Gasteiger partial charge >= 0.3 is 0 Å². The monoisotopic (exact) mass is 279 g/mol. The van der Waals surface area contributed by atoms with E-state index >= 15 is 0 Å². The standard InChI is InChI=1S/C14H21N3OS/c1-15-13(12-7-16-10-17-8-12)11-2-4-18-14(6-11)3-5-19-9-14/h7-8,10-11,13,15H,2-6,9H2,1H3. The van der Waals surface area contributed by atoms with E-state index in [1.54, 1.807) is 6.33 Å². The summed E-state index contributed by atoms with van der Waals surface area (Å²) >= 11 is 2.03. The van der Waals surface area contributed by atoms with E-state index in [4.69, 9.17) is 4.74 Å². The summed E-state index contributed by atoms with van der Waals surface area (Å²) in [6, 6.07) is 0.340. The average molecular weight is 279 g/mol. The average Bonchev–Trinajstić information content (AvgIpc) is 2.89. The molecular formula is C14H21N3OS. The molecule has 104 valence electrons. The van der Waals surface area contributed by atoms with Crippen LogP contribution in [0.5, 0.6) is 0 Å². The Hall–Kier alpha value is -0.650. The first-order chi connectivity index (χ1) is 9.33. The van der Waals surface area contributed by atoms with Crippen molar-refractivity contribution in [3.63, 3.8) is 0 Å². The first kappa shape index (κ1) is 13.3. The zero-order valence-electron chi connectivity index (χ0n) is 11.3. The Morgan fingerprint density at radius 2 is 2.32 bits per heavy atom. The molecule has 2 aliphatic heterocycles. The van der Waals surface area contributed by atoms with Gasteiger partial charge in [-0.05, 0) is 38.0 Å². The van der Waals surface area contributed by atoms with Crippen LogP contribution in [-0.2, 0) is 4.74 Å². The van der Waals surface area contributed by atoms with Gasteiger partial charge in [0.15, 0.2) is 0 Å². The zero-order chi connectivity index (χ0) is 13.1. The number of aromatic nitrogens is 2. The molecule has 0 bridgehead atoms. The summed E-state index contributed by atoms with van der Waals surface area (Å²) in [7, 11) is 2.03. The highest BCUT2D eigenvalue weighted by Gasteiger charge is 2.42. The van der Waals surface area contributed by atoms with Gasteiger partial charge in [0.1, 0.15) is 6.33 Å². The number of rotatable bonds is 3. The Morgan fingerprint density at radius 3 is 3.00 bits per heavy atom. The van der Waals surface area contributed by atoms with Gasteiger partial charge in [0.2, 0.25) is 0 Å². The van der Waals surface area contributed by atoms with E-state index < -0.39 is 0 Å². The Morgan fingerprint density at radius 1 is 1.47 bits per heavy atom. The summed E-state index contributed by atoms with van der Waals surface area (Å²) in [5.74, 6) is 3.01. The number of hydrogen-bond acceptors (Lipinski definition) is 5. The van der Waals surface area contributed by atoms with Crippen molar-refractivity contribution in [3.8, 4) is 0 Å². The molecular weight excluding hydrogens is 258 g/mol. The summed E-state index contributed by atoms with van der Waals surface area (Å²) in [6.45, 7) is 0.886. The van der Waals surface area contributed by atoms with Crippen LogP contribution in [0.3, 0.4) is 0 Å². The molecule has 0 amide bonds. The van der Waals surface area contributed by atoms with Crippen molar-refractivity contribution in [2.75, 3.05) is 25.2 Å². The van der Waals surface area contributed by atoms with Crippen molar-refractivity contribution < 1.29 is 4.74 Å². The highest BCUT2D eigenvalue weighted by Crippen LogP contribution is 2.43. The lowest BCUT2D eigenvalue weighted by molar-refractivity contribution is -0.0850. The van der Waals surface area contributed by atoms with Gasteiger partial charge in [0, 0.05) is 36.4 Å². The van der Waals surface area contributed by atoms with Gasteiger partial charge < -0.3 is 10.1 Å². The number of thioether (sulfide) groups is 1. The van der Waals surface area contributed by atoms with Gasteiger partial charge in [-0.15, -0.1) is 0 Å². The molecule has 2 fully saturated rings. The minimum atomic E-state index is 0.137. The molecule has 0 aromatic carbocycles. The fourth-order valence-corrected chi connectivity index (χ4v) is 4.74. The summed E-state index contributed by atoms with van der Waals surface area (Å²) < 4.78 is 6.11. The first-order valence-corrected chi connectivity index (χ1v) is 8.12. The Labute approximate surface area is 118 Å². The molecule has 0 aliphatic carbocycles. The highest BCUT2D eigenvalue weighted by atomic mass is 32.2. The molecule has 2 aliphatic rings. The third kappa shape index (κ3) is 2.78. The van der Waals surface area contributed by atoms with Crippen LogP contribution < -0.4 is 5.32 Å². The summed E-state index contributed by atoms with van der Waals surface area (Å²) in [5.41, 5.74) is 1.33. The van der Waals surface area contributed by atoms with Crippen LogP contribution in [0.25, 0.3) is 0 Å². The van der Waals surface area contributed by atoms with Crippen LogP contribution in [0.2, 0.25) is 0 Å². The van der Waals surface area contributed by atoms with Crippen molar-refractivity contribution >= 4 is 11.8 Å². The number of ether oxygens (including phenoxy) is 1. The van der Waals surface area contributed by atoms with Crippen LogP contribution in [0.4, 0.5) is 0 Å². The molecule has 1 N–H and O–H groups in total. The van der Waals surface area contributed by atoms with E-state index in [0.29, 0.717) is 12.0 Å². The van der Waals surface area contributed by atoms with Crippen molar-refractivity contribution in [1.82, 2.24) is 15.3 Å². The first-order valence-electron chi connectivity index (χ1n) is 6.97. The molecule has 3 unspecified atom stereocenters.